The van der Waals surface area contributed by atoms with Gasteiger partial charge in [-0.05, 0) is 23.8 Å². The summed E-state index contributed by atoms with van der Waals surface area (Å²) >= 11 is 0. The number of amides is 1. The number of nitrogens with one attached hydrogen (secondary N) is 3. The van der Waals surface area contributed by atoms with Gasteiger partial charge in [0.2, 0.25) is 5.91 Å². The van der Waals surface area contributed by atoms with Gasteiger partial charge in [0, 0.05) is 36.7 Å². The van der Waals surface area contributed by atoms with Crippen molar-refractivity contribution < 1.29 is 9.53 Å². The Hall–Kier alpha value is -2.01. The maximum atomic E-state index is 12.0. The Kier molecular flexibility index (Phi) is 2.91. The first-order chi connectivity index (χ1) is 9.24. The summed E-state index contributed by atoms with van der Waals surface area (Å²) in [6.45, 7) is 1.43. The predicted octanol–water partition coefficient (Wildman–Crippen LogP) is 1.11. The average Bonchev–Trinajstić information content (AvgIpc) is 2.83. The van der Waals surface area contributed by atoms with E-state index in [4.69, 9.17) is 4.74 Å². The van der Waals surface area contributed by atoms with Gasteiger partial charge in [0.1, 0.15) is 5.75 Å². The quantitative estimate of drug-likeness (QED) is 0.757. The largest absolute Gasteiger partial charge is 0.497 e. The number of methoxy groups -OCH3 is 1. The Morgan fingerprint density at radius 2 is 2.32 bits per heavy atom. The maximum absolute atomic E-state index is 12.0. The molecule has 0 radical (unpaired) electrons. The van der Waals surface area contributed by atoms with Crippen LogP contribution in [0, 0.1) is 0 Å². The molecular weight excluding hydrogens is 242 g/mol. The maximum Gasteiger partial charge on any atom is 0.228 e. The molecule has 3 N–H and O–H groups in total. The van der Waals surface area contributed by atoms with Crippen molar-refractivity contribution in [2.24, 2.45) is 0 Å². The van der Waals surface area contributed by atoms with Crippen molar-refractivity contribution in [1.29, 1.82) is 0 Å². The minimum absolute atomic E-state index is 0.0390. The van der Waals surface area contributed by atoms with Crippen molar-refractivity contribution in [3.63, 3.8) is 0 Å². The number of aromatic amines is 1. The third-order valence-electron chi connectivity index (χ3n) is 3.69. The highest BCUT2D eigenvalue weighted by Gasteiger charge is 2.29. The summed E-state index contributed by atoms with van der Waals surface area (Å²) in [6, 6.07) is 5.91. The first-order valence-electron chi connectivity index (χ1n) is 6.35. The first kappa shape index (κ1) is 12.0. The van der Waals surface area contributed by atoms with Crippen LogP contribution < -0.4 is 15.4 Å². The molecule has 2 heterocycles. The Morgan fingerprint density at radius 3 is 3.05 bits per heavy atom. The van der Waals surface area contributed by atoms with E-state index in [2.05, 4.69) is 15.6 Å². The summed E-state index contributed by atoms with van der Waals surface area (Å²) in [7, 11) is 3.32. The standard InChI is InChI=1S/C14H17N3O2/c1-15-14(18)10-6-16-7-12-13(10)9-5-8(19-2)3-4-11(9)17-12/h3-5,10,16-17H,6-7H2,1-2H3,(H,15,18). The van der Waals surface area contributed by atoms with Crippen LogP contribution in [0.3, 0.4) is 0 Å². The lowest BCUT2D eigenvalue weighted by Gasteiger charge is -2.22. The van der Waals surface area contributed by atoms with E-state index in [0.717, 1.165) is 34.5 Å². The van der Waals surface area contributed by atoms with Gasteiger partial charge in [-0.3, -0.25) is 4.79 Å². The molecule has 0 aliphatic carbocycles. The summed E-state index contributed by atoms with van der Waals surface area (Å²) in [6.07, 6.45) is 0. The summed E-state index contributed by atoms with van der Waals surface area (Å²) in [5.41, 5.74) is 3.22. The Labute approximate surface area is 111 Å². The van der Waals surface area contributed by atoms with Crippen LogP contribution in [0.2, 0.25) is 0 Å². The van der Waals surface area contributed by atoms with E-state index < -0.39 is 0 Å². The third-order valence-corrected chi connectivity index (χ3v) is 3.69. The van der Waals surface area contributed by atoms with Crippen molar-refractivity contribution in [2.45, 2.75) is 12.5 Å². The highest BCUT2D eigenvalue weighted by molar-refractivity contribution is 5.94. The van der Waals surface area contributed by atoms with Gasteiger partial charge in [-0.1, -0.05) is 0 Å². The van der Waals surface area contributed by atoms with Gasteiger partial charge >= 0.3 is 0 Å². The molecule has 3 rings (SSSR count). The fourth-order valence-electron chi connectivity index (χ4n) is 2.75. The minimum Gasteiger partial charge on any atom is -0.497 e. The molecule has 1 aromatic carbocycles. The van der Waals surface area contributed by atoms with E-state index in [0.29, 0.717) is 6.54 Å². The molecule has 0 saturated carbocycles. The van der Waals surface area contributed by atoms with Crippen LogP contribution in [0.15, 0.2) is 18.2 Å². The highest BCUT2D eigenvalue weighted by atomic mass is 16.5. The number of hydrogen-bond donors (Lipinski definition) is 3. The Bertz CT molecular complexity index is 633. The summed E-state index contributed by atoms with van der Waals surface area (Å²) in [5, 5.41) is 7.08. The molecule has 1 atom stereocenters. The number of H-pyrrole nitrogens is 1. The van der Waals surface area contributed by atoms with E-state index in [1.165, 1.54) is 0 Å². The molecule has 5 heteroatoms. The number of fused-ring (bicyclic) bond motifs is 3. The van der Waals surface area contributed by atoms with Crippen molar-refractivity contribution in [3.05, 3.63) is 29.5 Å². The molecule has 100 valence electrons. The highest BCUT2D eigenvalue weighted by Crippen LogP contribution is 2.34. The minimum atomic E-state index is -0.158. The molecular formula is C14H17N3O2. The number of benzene rings is 1. The van der Waals surface area contributed by atoms with E-state index in [1.54, 1.807) is 14.2 Å². The Morgan fingerprint density at radius 1 is 1.47 bits per heavy atom. The fraction of sp³-hybridized carbons (Fsp3) is 0.357. The Balaban J connectivity index is 2.20. The van der Waals surface area contributed by atoms with Gasteiger partial charge in [-0.25, -0.2) is 0 Å². The predicted molar refractivity (Wildman–Crippen MR) is 73.4 cm³/mol. The summed E-state index contributed by atoms with van der Waals surface area (Å²) < 4.78 is 5.27. The van der Waals surface area contributed by atoms with Gasteiger partial charge < -0.3 is 20.4 Å². The number of carbonyl (C=O) groups excluding carboxylic acids is 1. The number of rotatable bonds is 2. The van der Waals surface area contributed by atoms with Crippen LogP contribution in [-0.4, -0.2) is 31.6 Å². The van der Waals surface area contributed by atoms with E-state index in [-0.39, 0.29) is 11.8 Å². The zero-order valence-electron chi connectivity index (χ0n) is 11.0. The second-order valence-corrected chi connectivity index (χ2v) is 4.73. The second-order valence-electron chi connectivity index (χ2n) is 4.73. The molecule has 1 aliphatic heterocycles. The smallest absolute Gasteiger partial charge is 0.228 e. The van der Waals surface area contributed by atoms with Crippen molar-refractivity contribution >= 4 is 16.8 Å². The molecule has 1 amide bonds. The molecule has 2 aromatic rings. The molecule has 0 fully saturated rings. The zero-order valence-corrected chi connectivity index (χ0v) is 11.0. The monoisotopic (exact) mass is 259 g/mol. The second kappa shape index (κ2) is 4.59. The van der Waals surface area contributed by atoms with Crippen LogP contribution in [-0.2, 0) is 11.3 Å². The molecule has 19 heavy (non-hydrogen) atoms. The first-order valence-corrected chi connectivity index (χ1v) is 6.35. The fourth-order valence-corrected chi connectivity index (χ4v) is 2.75. The van der Waals surface area contributed by atoms with Crippen LogP contribution in [0.1, 0.15) is 17.2 Å². The lowest BCUT2D eigenvalue weighted by Crippen LogP contribution is -2.37. The topological polar surface area (TPSA) is 66.2 Å². The summed E-state index contributed by atoms with van der Waals surface area (Å²) in [4.78, 5) is 15.4. The molecule has 1 aliphatic rings. The van der Waals surface area contributed by atoms with Gasteiger partial charge in [0.15, 0.2) is 0 Å². The molecule has 0 spiro atoms. The van der Waals surface area contributed by atoms with Crippen LogP contribution in [0.4, 0.5) is 0 Å². The van der Waals surface area contributed by atoms with Crippen molar-refractivity contribution in [1.82, 2.24) is 15.6 Å². The number of hydrogen-bond acceptors (Lipinski definition) is 3. The molecule has 5 nitrogen and oxygen atoms in total. The van der Waals surface area contributed by atoms with Gasteiger partial charge in [0.25, 0.3) is 0 Å². The lowest BCUT2D eigenvalue weighted by atomic mass is 9.92. The van der Waals surface area contributed by atoms with Gasteiger partial charge in [0.05, 0.1) is 13.0 Å². The number of likely N-dealkylation sites (N-methyl/N-ethyl adjacent to an activating group) is 1. The average molecular weight is 259 g/mol. The van der Waals surface area contributed by atoms with Crippen LogP contribution in [0.25, 0.3) is 10.9 Å². The van der Waals surface area contributed by atoms with Crippen LogP contribution in [0.5, 0.6) is 5.75 Å². The molecule has 1 aromatic heterocycles. The van der Waals surface area contributed by atoms with E-state index in [1.807, 2.05) is 18.2 Å². The van der Waals surface area contributed by atoms with Gasteiger partial charge in [-0.15, -0.1) is 0 Å². The number of ether oxygens (including phenoxy) is 1. The lowest BCUT2D eigenvalue weighted by molar-refractivity contribution is -0.122. The van der Waals surface area contributed by atoms with Crippen LogP contribution >= 0.6 is 0 Å². The molecule has 1 unspecified atom stereocenters. The van der Waals surface area contributed by atoms with Crippen molar-refractivity contribution in [3.8, 4) is 5.75 Å². The van der Waals surface area contributed by atoms with Gasteiger partial charge in [-0.2, -0.15) is 0 Å². The number of carbonyl (C=O) groups is 1. The third kappa shape index (κ3) is 1.86. The van der Waals surface area contributed by atoms with E-state index >= 15 is 0 Å². The van der Waals surface area contributed by atoms with Crippen molar-refractivity contribution in [2.75, 3.05) is 20.7 Å². The normalized spacial score (nSPS) is 18.1. The SMILES string of the molecule is CNC(=O)C1CNCc2[nH]c3ccc(OC)cc3c21. The molecule has 0 bridgehead atoms. The summed E-state index contributed by atoms with van der Waals surface area (Å²) in [5.74, 6) is 0.690. The zero-order chi connectivity index (χ0) is 13.4. The number of aromatic nitrogens is 1. The van der Waals surface area contributed by atoms with E-state index in [9.17, 15) is 4.79 Å². The molecule has 0 saturated heterocycles.